The van der Waals surface area contributed by atoms with Gasteiger partial charge in [0.15, 0.2) is 11.9 Å². The van der Waals surface area contributed by atoms with Gasteiger partial charge in [-0.2, -0.15) is 0 Å². The monoisotopic (exact) mass is 426 g/mol. The highest BCUT2D eigenvalue weighted by molar-refractivity contribution is 7.47. The summed E-state index contributed by atoms with van der Waals surface area (Å²) < 4.78 is 22.3. The number of phosphoric ester groups is 1. The van der Waals surface area contributed by atoms with E-state index >= 15 is 0 Å². The third kappa shape index (κ3) is 15.6. The van der Waals surface area contributed by atoms with Gasteiger partial charge in [0.25, 0.3) is 0 Å². The standard InChI is InChI=1S/C19H40NO7P/c1-5-6-7-8-9-10-11-12-13-18(23)19(14-20(2,3)4)27-28(24,25)26-16-17(22)15-21/h17,19,21-22H,5-16H2,1-4H3/p+1/t17-,19?/m1/s1. The molecule has 0 saturated carbocycles. The van der Waals surface area contributed by atoms with Crippen LogP contribution in [0.2, 0.25) is 0 Å². The summed E-state index contributed by atoms with van der Waals surface area (Å²) in [6.07, 6.45) is 6.83. The molecule has 3 N–H and O–H groups in total. The van der Waals surface area contributed by atoms with Crippen molar-refractivity contribution in [3.63, 3.8) is 0 Å². The Hall–Kier alpha value is -0.340. The van der Waals surface area contributed by atoms with E-state index in [1.165, 1.54) is 32.1 Å². The molecule has 3 atom stereocenters. The number of likely N-dealkylation sites (N-methyl/N-ethyl adjacent to an activating group) is 1. The van der Waals surface area contributed by atoms with Gasteiger partial charge in [0, 0.05) is 6.42 Å². The van der Waals surface area contributed by atoms with E-state index in [0.717, 1.165) is 19.3 Å². The maximum absolute atomic E-state index is 12.6. The molecule has 0 aromatic rings. The Labute approximate surface area is 170 Å². The molecule has 0 bridgehead atoms. The van der Waals surface area contributed by atoms with Gasteiger partial charge >= 0.3 is 7.82 Å². The summed E-state index contributed by atoms with van der Waals surface area (Å²) in [5.41, 5.74) is 0. The number of hydrogen-bond acceptors (Lipinski definition) is 6. The van der Waals surface area contributed by atoms with E-state index in [0.29, 0.717) is 10.9 Å². The second-order valence-electron chi connectivity index (χ2n) is 8.36. The predicted octanol–water partition coefficient (Wildman–Crippen LogP) is 2.65. The van der Waals surface area contributed by atoms with Crippen LogP contribution in [0, 0.1) is 0 Å². The summed E-state index contributed by atoms with van der Waals surface area (Å²) in [6, 6.07) is 0. The molecule has 0 saturated heterocycles. The smallest absolute Gasteiger partial charge is 0.394 e. The maximum atomic E-state index is 12.6. The van der Waals surface area contributed by atoms with Crippen LogP contribution in [0.3, 0.4) is 0 Å². The number of unbranched alkanes of at least 4 members (excludes halogenated alkanes) is 7. The van der Waals surface area contributed by atoms with Gasteiger partial charge in [0.1, 0.15) is 12.6 Å². The van der Waals surface area contributed by atoms with Crippen LogP contribution >= 0.6 is 7.82 Å². The molecule has 0 aromatic carbocycles. The minimum Gasteiger partial charge on any atom is -0.394 e. The van der Waals surface area contributed by atoms with Crippen molar-refractivity contribution >= 4 is 13.6 Å². The van der Waals surface area contributed by atoms with E-state index in [-0.39, 0.29) is 12.3 Å². The van der Waals surface area contributed by atoms with Crippen LogP contribution in [0.15, 0.2) is 0 Å². The van der Waals surface area contributed by atoms with Crippen LogP contribution in [0.25, 0.3) is 0 Å². The number of aliphatic hydroxyl groups excluding tert-OH is 2. The second-order valence-corrected chi connectivity index (χ2v) is 9.76. The highest BCUT2D eigenvalue weighted by atomic mass is 31.2. The highest BCUT2D eigenvalue weighted by Crippen LogP contribution is 2.45. The second kappa shape index (κ2) is 14.6. The average molecular weight is 427 g/mol. The van der Waals surface area contributed by atoms with Crippen molar-refractivity contribution in [2.75, 3.05) is 40.9 Å². The maximum Gasteiger partial charge on any atom is 0.473 e. The first-order chi connectivity index (χ1) is 13.0. The molecule has 168 valence electrons. The van der Waals surface area contributed by atoms with Gasteiger partial charge in [-0.15, -0.1) is 0 Å². The van der Waals surface area contributed by atoms with Crippen molar-refractivity contribution in [1.29, 1.82) is 0 Å². The fourth-order valence-electron chi connectivity index (χ4n) is 2.71. The van der Waals surface area contributed by atoms with Crippen molar-refractivity contribution < 1.29 is 38.0 Å². The quantitative estimate of drug-likeness (QED) is 0.175. The lowest BCUT2D eigenvalue weighted by molar-refractivity contribution is -0.872. The summed E-state index contributed by atoms with van der Waals surface area (Å²) in [6.45, 7) is 1.27. The molecule has 0 aliphatic carbocycles. The average Bonchev–Trinajstić information content (AvgIpc) is 2.59. The molecule has 28 heavy (non-hydrogen) atoms. The van der Waals surface area contributed by atoms with Gasteiger partial charge in [-0.25, -0.2) is 4.57 Å². The molecule has 0 aliphatic rings. The molecule has 0 amide bonds. The summed E-state index contributed by atoms with van der Waals surface area (Å²) in [4.78, 5) is 22.4. The SMILES string of the molecule is CCCCCCCCCCC(=O)C(C[N+](C)(C)C)OP(=O)(O)OC[C@H](O)CO. The van der Waals surface area contributed by atoms with E-state index < -0.39 is 33.2 Å². The van der Waals surface area contributed by atoms with Gasteiger partial charge in [-0.05, 0) is 6.42 Å². The zero-order valence-electron chi connectivity index (χ0n) is 18.0. The third-order valence-corrected chi connectivity index (χ3v) is 5.25. The first-order valence-electron chi connectivity index (χ1n) is 10.3. The third-order valence-electron chi connectivity index (χ3n) is 4.25. The summed E-state index contributed by atoms with van der Waals surface area (Å²) in [5.74, 6) is -0.223. The molecular weight excluding hydrogens is 385 g/mol. The van der Waals surface area contributed by atoms with Crippen LogP contribution in [0.1, 0.15) is 64.7 Å². The lowest BCUT2D eigenvalue weighted by Gasteiger charge is -2.29. The summed E-state index contributed by atoms with van der Waals surface area (Å²) in [5, 5.41) is 18.0. The Morgan fingerprint density at radius 1 is 1.04 bits per heavy atom. The van der Waals surface area contributed by atoms with E-state index in [9.17, 15) is 19.4 Å². The predicted molar refractivity (Wildman–Crippen MR) is 109 cm³/mol. The molecule has 9 heteroatoms. The lowest BCUT2D eigenvalue weighted by atomic mass is 10.0. The number of phosphoric acid groups is 1. The lowest BCUT2D eigenvalue weighted by Crippen LogP contribution is -2.45. The Kier molecular flexibility index (Phi) is 14.4. The number of Topliss-reactive ketones (excluding diaryl/α,β-unsaturated/α-hetero) is 1. The number of nitrogens with zero attached hydrogens (tertiary/aromatic N) is 1. The Bertz CT molecular complexity index is 468. The zero-order chi connectivity index (χ0) is 21.6. The molecule has 0 radical (unpaired) electrons. The number of hydrogen-bond donors (Lipinski definition) is 3. The fourth-order valence-corrected chi connectivity index (χ4v) is 3.64. The molecule has 0 fully saturated rings. The molecule has 0 aliphatic heterocycles. The first kappa shape index (κ1) is 27.7. The Morgan fingerprint density at radius 2 is 1.57 bits per heavy atom. The van der Waals surface area contributed by atoms with Crippen LogP contribution in [0.5, 0.6) is 0 Å². The molecule has 0 spiro atoms. The number of aliphatic hydroxyl groups is 2. The van der Waals surface area contributed by atoms with Crippen LogP contribution in [-0.4, -0.2) is 78.5 Å². The first-order valence-corrected chi connectivity index (χ1v) is 11.8. The Balaban J connectivity index is 4.49. The van der Waals surface area contributed by atoms with Crippen molar-refractivity contribution in [3.8, 4) is 0 Å². The summed E-state index contributed by atoms with van der Waals surface area (Å²) >= 11 is 0. The summed E-state index contributed by atoms with van der Waals surface area (Å²) in [7, 11) is 1.06. The van der Waals surface area contributed by atoms with Crippen molar-refractivity contribution in [1.82, 2.24) is 0 Å². The van der Waals surface area contributed by atoms with Gasteiger partial charge in [0.05, 0.1) is 34.4 Å². The topological polar surface area (TPSA) is 113 Å². The van der Waals surface area contributed by atoms with Gasteiger partial charge in [-0.1, -0.05) is 51.9 Å². The van der Waals surface area contributed by atoms with Gasteiger partial charge < -0.3 is 19.6 Å². The van der Waals surface area contributed by atoms with Crippen molar-refractivity contribution in [3.05, 3.63) is 0 Å². The van der Waals surface area contributed by atoms with E-state index in [4.69, 9.17) is 9.63 Å². The number of quaternary nitrogens is 1. The van der Waals surface area contributed by atoms with Gasteiger partial charge in [-0.3, -0.25) is 13.8 Å². The zero-order valence-corrected chi connectivity index (χ0v) is 18.9. The fraction of sp³-hybridized carbons (Fsp3) is 0.947. The number of ketones is 1. The minimum atomic E-state index is -4.52. The number of carbonyl (C=O) groups excluding carboxylic acids is 1. The number of rotatable bonds is 18. The molecule has 8 nitrogen and oxygen atoms in total. The van der Waals surface area contributed by atoms with Crippen LogP contribution in [-0.2, 0) is 18.4 Å². The molecule has 0 heterocycles. The highest BCUT2D eigenvalue weighted by Gasteiger charge is 2.34. The number of carbonyl (C=O) groups is 1. The van der Waals surface area contributed by atoms with Crippen LogP contribution in [0.4, 0.5) is 0 Å². The van der Waals surface area contributed by atoms with Crippen LogP contribution < -0.4 is 0 Å². The van der Waals surface area contributed by atoms with E-state index in [1.807, 2.05) is 21.1 Å². The van der Waals surface area contributed by atoms with E-state index in [1.54, 1.807) is 0 Å². The normalized spacial score (nSPS) is 16.5. The van der Waals surface area contributed by atoms with Crippen molar-refractivity contribution in [2.45, 2.75) is 76.9 Å². The van der Waals surface area contributed by atoms with Crippen molar-refractivity contribution in [2.24, 2.45) is 0 Å². The van der Waals surface area contributed by atoms with Gasteiger partial charge in [0.2, 0.25) is 0 Å². The largest absolute Gasteiger partial charge is 0.473 e. The van der Waals surface area contributed by atoms with E-state index in [2.05, 4.69) is 11.4 Å². The Morgan fingerprint density at radius 3 is 2.07 bits per heavy atom. The molecule has 2 unspecified atom stereocenters. The molecular formula is C19H41NO7P+. The molecule has 0 rings (SSSR count). The molecule has 0 aromatic heterocycles. The minimum absolute atomic E-state index is 0.223.